The zero-order valence-electron chi connectivity index (χ0n) is 14.9. The fourth-order valence-corrected chi connectivity index (χ4v) is 2.61. The van der Waals surface area contributed by atoms with Crippen LogP contribution >= 0.6 is 0 Å². The second kappa shape index (κ2) is 7.83. The van der Waals surface area contributed by atoms with E-state index in [0.717, 1.165) is 47.3 Å². The molecule has 0 saturated heterocycles. The first-order chi connectivity index (χ1) is 12.1. The van der Waals surface area contributed by atoms with E-state index in [1.807, 2.05) is 30.3 Å². The van der Waals surface area contributed by atoms with Crippen molar-refractivity contribution in [3.8, 4) is 5.75 Å². The fourth-order valence-electron chi connectivity index (χ4n) is 2.61. The summed E-state index contributed by atoms with van der Waals surface area (Å²) in [5.41, 5.74) is 2.02. The molecule has 1 heterocycles. The van der Waals surface area contributed by atoms with Crippen molar-refractivity contribution < 1.29 is 4.74 Å². The second-order valence-corrected chi connectivity index (χ2v) is 6.25. The van der Waals surface area contributed by atoms with E-state index in [9.17, 15) is 0 Å². The van der Waals surface area contributed by atoms with E-state index >= 15 is 0 Å². The number of nitrogens with zero attached hydrogens (tertiary/aromatic N) is 2. The molecule has 5 heteroatoms. The number of allylic oxidation sites excluding steroid dienone is 4. The maximum absolute atomic E-state index is 5.20. The Balaban J connectivity index is 1.90. The number of methoxy groups -OCH3 is 1. The first-order valence-electron chi connectivity index (χ1n) is 8.58. The highest BCUT2D eigenvalue weighted by molar-refractivity contribution is 5.73. The van der Waals surface area contributed by atoms with Gasteiger partial charge in [-0.15, -0.1) is 0 Å². The quantitative estimate of drug-likeness (QED) is 0.795. The van der Waals surface area contributed by atoms with Crippen LogP contribution in [0.2, 0.25) is 0 Å². The molecule has 3 rings (SSSR count). The molecule has 2 aromatic rings. The number of benzene rings is 1. The van der Waals surface area contributed by atoms with Crippen LogP contribution in [0.5, 0.6) is 5.75 Å². The van der Waals surface area contributed by atoms with E-state index < -0.39 is 0 Å². The highest BCUT2D eigenvalue weighted by Gasteiger charge is 2.10. The van der Waals surface area contributed by atoms with Crippen LogP contribution in [0.4, 0.5) is 17.3 Å². The zero-order valence-corrected chi connectivity index (χ0v) is 14.9. The molecule has 0 unspecified atom stereocenters. The predicted octanol–water partition coefficient (Wildman–Crippen LogP) is 4.78. The Kier molecular flexibility index (Phi) is 5.33. The number of nitrogens with one attached hydrogen (secondary N) is 2. The number of ether oxygens (including phenoxy) is 1. The van der Waals surface area contributed by atoms with Crippen molar-refractivity contribution in [2.24, 2.45) is 0 Å². The molecule has 0 spiro atoms. The summed E-state index contributed by atoms with van der Waals surface area (Å²) in [6.45, 7) is 4.19. The topological polar surface area (TPSA) is 59.1 Å². The lowest BCUT2D eigenvalue weighted by Gasteiger charge is -2.14. The molecule has 0 bridgehead atoms. The largest absolute Gasteiger partial charge is 0.497 e. The van der Waals surface area contributed by atoms with Crippen LogP contribution in [-0.2, 0) is 0 Å². The molecule has 2 N–H and O–H groups in total. The molecule has 0 saturated carbocycles. The lowest BCUT2D eigenvalue weighted by Crippen LogP contribution is -2.13. The third kappa shape index (κ3) is 4.59. The van der Waals surface area contributed by atoms with Crippen molar-refractivity contribution in [1.29, 1.82) is 0 Å². The summed E-state index contributed by atoms with van der Waals surface area (Å²) in [6.07, 6.45) is 8.54. The molecular formula is C20H24N4O. The van der Waals surface area contributed by atoms with Gasteiger partial charge in [-0.25, -0.2) is 9.97 Å². The molecular weight excluding hydrogens is 312 g/mol. The number of anilines is 3. The molecule has 0 amide bonds. The minimum Gasteiger partial charge on any atom is -0.497 e. The normalized spacial score (nSPS) is 13.5. The monoisotopic (exact) mass is 336 g/mol. The average molecular weight is 336 g/mol. The van der Waals surface area contributed by atoms with Gasteiger partial charge >= 0.3 is 0 Å². The Morgan fingerprint density at radius 2 is 1.80 bits per heavy atom. The minimum absolute atomic E-state index is 0.299. The Morgan fingerprint density at radius 1 is 1.04 bits per heavy atom. The molecule has 5 nitrogen and oxygen atoms in total. The molecule has 0 fully saturated rings. The van der Waals surface area contributed by atoms with E-state index in [4.69, 9.17) is 4.74 Å². The van der Waals surface area contributed by atoms with Crippen molar-refractivity contribution in [2.75, 3.05) is 17.7 Å². The van der Waals surface area contributed by atoms with E-state index in [1.165, 1.54) is 0 Å². The Bertz CT molecular complexity index is 779. The van der Waals surface area contributed by atoms with Crippen molar-refractivity contribution in [2.45, 2.75) is 32.7 Å². The standard InChI is InChI=1S/C20H24N4O/c1-14(2)21-18-13-19(22-16-9-11-17(25-3)12-10-16)24-20(23-18)15-7-5-4-6-8-15/h5,7-14H,4,6H2,1-3H3,(H2,21,22,23,24). The number of hydrogen-bond acceptors (Lipinski definition) is 5. The molecule has 0 aliphatic heterocycles. The minimum atomic E-state index is 0.299. The van der Waals surface area contributed by atoms with Gasteiger partial charge in [0.15, 0.2) is 5.82 Å². The molecule has 1 aliphatic carbocycles. The zero-order chi connectivity index (χ0) is 17.6. The SMILES string of the molecule is COc1ccc(Nc2cc(NC(C)C)nc(C3=CCCC=C3)n2)cc1. The van der Waals surface area contributed by atoms with E-state index in [-0.39, 0.29) is 0 Å². The molecule has 1 aromatic heterocycles. The van der Waals surface area contributed by atoms with Crippen LogP contribution in [0.3, 0.4) is 0 Å². The maximum atomic E-state index is 5.20. The van der Waals surface area contributed by atoms with Crippen molar-refractivity contribution in [3.05, 3.63) is 54.4 Å². The van der Waals surface area contributed by atoms with Crippen molar-refractivity contribution >= 4 is 22.9 Å². The lowest BCUT2D eigenvalue weighted by atomic mass is 10.1. The summed E-state index contributed by atoms with van der Waals surface area (Å²) in [5, 5.41) is 6.72. The van der Waals surface area contributed by atoms with Crippen LogP contribution < -0.4 is 15.4 Å². The van der Waals surface area contributed by atoms with Crippen molar-refractivity contribution in [3.63, 3.8) is 0 Å². The van der Waals surface area contributed by atoms with Crippen LogP contribution in [0, 0.1) is 0 Å². The predicted molar refractivity (Wildman–Crippen MR) is 103 cm³/mol. The molecule has 0 radical (unpaired) electrons. The number of hydrogen-bond donors (Lipinski definition) is 2. The van der Waals surface area contributed by atoms with Gasteiger partial charge < -0.3 is 15.4 Å². The van der Waals surface area contributed by atoms with Gasteiger partial charge in [-0.1, -0.05) is 18.2 Å². The summed E-state index contributed by atoms with van der Waals surface area (Å²) in [4.78, 5) is 9.35. The Hall–Kier alpha value is -2.82. The number of rotatable bonds is 6. The van der Waals surface area contributed by atoms with Crippen molar-refractivity contribution in [1.82, 2.24) is 9.97 Å². The van der Waals surface area contributed by atoms with Gasteiger partial charge in [0.1, 0.15) is 17.4 Å². The van der Waals surface area contributed by atoms with Gasteiger partial charge in [-0.05, 0) is 51.0 Å². The average Bonchev–Trinajstić information content (AvgIpc) is 2.62. The smallest absolute Gasteiger partial charge is 0.163 e. The summed E-state index contributed by atoms with van der Waals surface area (Å²) >= 11 is 0. The van der Waals surface area contributed by atoms with E-state index in [2.05, 4.69) is 52.7 Å². The molecule has 130 valence electrons. The highest BCUT2D eigenvalue weighted by atomic mass is 16.5. The Morgan fingerprint density at radius 3 is 2.44 bits per heavy atom. The maximum Gasteiger partial charge on any atom is 0.163 e. The van der Waals surface area contributed by atoms with E-state index in [1.54, 1.807) is 7.11 Å². The summed E-state index contributed by atoms with van der Waals surface area (Å²) in [5.74, 6) is 3.14. The summed E-state index contributed by atoms with van der Waals surface area (Å²) in [6, 6.07) is 10.0. The van der Waals surface area contributed by atoms with Crippen LogP contribution in [-0.4, -0.2) is 23.1 Å². The van der Waals surface area contributed by atoms with Crippen LogP contribution in [0.1, 0.15) is 32.5 Å². The summed E-state index contributed by atoms with van der Waals surface area (Å²) in [7, 11) is 1.66. The molecule has 0 atom stereocenters. The molecule has 25 heavy (non-hydrogen) atoms. The lowest BCUT2D eigenvalue weighted by molar-refractivity contribution is 0.415. The third-order valence-electron chi connectivity index (χ3n) is 3.78. The van der Waals surface area contributed by atoms with Gasteiger partial charge in [0.2, 0.25) is 0 Å². The van der Waals surface area contributed by atoms with Gasteiger partial charge in [0.05, 0.1) is 7.11 Å². The van der Waals surface area contributed by atoms with Crippen LogP contribution in [0.25, 0.3) is 5.57 Å². The summed E-state index contributed by atoms with van der Waals surface area (Å²) < 4.78 is 5.20. The van der Waals surface area contributed by atoms with Gasteiger partial charge in [0, 0.05) is 23.4 Å². The first kappa shape index (κ1) is 17.0. The first-order valence-corrected chi connectivity index (χ1v) is 8.58. The fraction of sp³-hybridized carbons (Fsp3) is 0.300. The Labute approximate surface area is 148 Å². The van der Waals surface area contributed by atoms with E-state index in [0.29, 0.717) is 6.04 Å². The molecule has 1 aliphatic rings. The van der Waals surface area contributed by atoms with Gasteiger partial charge in [-0.3, -0.25) is 0 Å². The number of aromatic nitrogens is 2. The third-order valence-corrected chi connectivity index (χ3v) is 3.78. The second-order valence-electron chi connectivity index (χ2n) is 6.25. The van der Waals surface area contributed by atoms with Crippen LogP contribution in [0.15, 0.2) is 48.6 Å². The highest BCUT2D eigenvalue weighted by Crippen LogP contribution is 2.24. The van der Waals surface area contributed by atoms with Gasteiger partial charge in [0.25, 0.3) is 0 Å². The molecule has 1 aromatic carbocycles. The van der Waals surface area contributed by atoms with Gasteiger partial charge in [-0.2, -0.15) is 0 Å².